The van der Waals surface area contributed by atoms with Gasteiger partial charge in [0.15, 0.2) is 0 Å². The van der Waals surface area contributed by atoms with Crippen molar-refractivity contribution in [3.8, 4) is 5.75 Å². The van der Waals surface area contributed by atoms with E-state index in [2.05, 4.69) is 17.4 Å². The number of halogens is 1. The number of phenols is 1. The summed E-state index contributed by atoms with van der Waals surface area (Å²) in [6.07, 6.45) is 3.36. The largest absolute Gasteiger partial charge is 0.508 e. The normalized spacial score (nSPS) is 17.8. The van der Waals surface area contributed by atoms with Gasteiger partial charge in [-0.15, -0.1) is 0 Å². The highest BCUT2D eigenvalue weighted by Gasteiger charge is 2.19. The molecular formula is C17H18ClNO. The number of fused-ring (bicyclic) bond motifs is 1. The van der Waals surface area contributed by atoms with Gasteiger partial charge in [0.05, 0.1) is 0 Å². The number of benzene rings is 2. The smallest absolute Gasteiger partial charge is 0.115 e. The van der Waals surface area contributed by atoms with Crippen molar-refractivity contribution in [2.75, 3.05) is 0 Å². The molecule has 0 bridgehead atoms. The topological polar surface area (TPSA) is 32.3 Å². The molecule has 0 amide bonds. The Hall–Kier alpha value is -1.51. The zero-order chi connectivity index (χ0) is 13.9. The van der Waals surface area contributed by atoms with E-state index >= 15 is 0 Å². The molecule has 2 nitrogen and oxygen atoms in total. The van der Waals surface area contributed by atoms with E-state index in [1.807, 2.05) is 24.3 Å². The molecule has 104 valence electrons. The molecule has 3 rings (SSSR count). The molecular weight excluding hydrogens is 270 g/mol. The first-order valence-corrected chi connectivity index (χ1v) is 7.40. The first-order valence-electron chi connectivity index (χ1n) is 7.02. The van der Waals surface area contributed by atoms with Crippen molar-refractivity contribution < 1.29 is 5.11 Å². The van der Waals surface area contributed by atoms with Crippen LogP contribution in [0.4, 0.5) is 0 Å². The van der Waals surface area contributed by atoms with Gasteiger partial charge in [-0.2, -0.15) is 0 Å². The van der Waals surface area contributed by atoms with Crippen molar-refractivity contribution >= 4 is 11.6 Å². The second-order valence-corrected chi connectivity index (χ2v) is 5.77. The molecule has 0 fully saturated rings. The maximum absolute atomic E-state index is 9.58. The van der Waals surface area contributed by atoms with E-state index in [1.165, 1.54) is 16.7 Å². The minimum Gasteiger partial charge on any atom is -0.508 e. The molecule has 1 atom stereocenters. The number of phenolic OH excluding ortho intramolecular Hbond substituents is 1. The average molecular weight is 288 g/mol. The van der Waals surface area contributed by atoms with Crippen molar-refractivity contribution in [2.24, 2.45) is 0 Å². The molecule has 0 saturated heterocycles. The molecule has 1 unspecified atom stereocenters. The highest BCUT2D eigenvalue weighted by atomic mass is 35.5. The monoisotopic (exact) mass is 287 g/mol. The zero-order valence-electron chi connectivity index (χ0n) is 11.3. The number of hydrogen-bond donors (Lipinski definition) is 2. The molecule has 1 aliphatic carbocycles. The molecule has 3 heteroatoms. The van der Waals surface area contributed by atoms with E-state index in [0.29, 0.717) is 11.8 Å². The predicted molar refractivity (Wildman–Crippen MR) is 82.1 cm³/mol. The lowest BCUT2D eigenvalue weighted by molar-refractivity contribution is 0.449. The number of rotatable bonds is 3. The van der Waals surface area contributed by atoms with Gasteiger partial charge in [-0.05, 0) is 60.2 Å². The average Bonchev–Trinajstić information content (AvgIpc) is 2.46. The molecule has 0 saturated carbocycles. The van der Waals surface area contributed by atoms with Gasteiger partial charge in [0, 0.05) is 17.6 Å². The SMILES string of the molecule is Oc1ccc2c(c1)CCCC2NCc1ccc(Cl)cc1. The molecule has 0 radical (unpaired) electrons. The Labute approximate surface area is 124 Å². The van der Waals surface area contributed by atoms with E-state index in [4.69, 9.17) is 11.6 Å². The van der Waals surface area contributed by atoms with Crippen molar-refractivity contribution in [3.63, 3.8) is 0 Å². The minimum atomic E-state index is 0.363. The number of aryl methyl sites for hydroxylation is 1. The number of nitrogens with one attached hydrogen (secondary N) is 1. The standard InChI is InChI=1S/C17H18ClNO/c18-14-6-4-12(5-7-14)11-19-17-3-1-2-13-10-15(20)8-9-16(13)17/h4-10,17,19-20H,1-3,11H2. The zero-order valence-corrected chi connectivity index (χ0v) is 12.0. The molecule has 0 heterocycles. The summed E-state index contributed by atoms with van der Waals surface area (Å²) in [6, 6.07) is 14.0. The van der Waals surface area contributed by atoms with Crippen LogP contribution in [0, 0.1) is 0 Å². The van der Waals surface area contributed by atoms with Crippen molar-refractivity contribution in [1.82, 2.24) is 5.32 Å². The van der Waals surface area contributed by atoms with Crippen LogP contribution in [0.3, 0.4) is 0 Å². The maximum Gasteiger partial charge on any atom is 0.115 e. The van der Waals surface area contributed by atoms with Gasteiger partial charge >= 0.3 is 0 Å². The Balaban J connectivity index is 1.71. The summed E-state index contributed by atoms with van der Waals surface area (Å²) in [7, 11) is 0. The van der Waals surface area contributed by atoms with Gasteiger partial charge in [0.2, 0.25) is 0 Å². The fourth-order valence-corrected chi connectivity index (χ4v) is 2.98. The third-order valence-electron chi connectivity index (χ3n) is 3.91. The van der Waals surface area contributed by atoms with Crippen LogP contribution >= 0.6 is 11.6 Å². The maximum atomic E-state index is 9.58. The van der Waals surface area contributed by atoms with Gasteiger partial charge in [0.25, 0.3) is 0 Å². The summed E-state index contributed by atoms with van der Waals surface area (Å²) >= 11 is 5.90. The van der Waals surface area contributed by atoms with Crippen LogP contribution < -0.4 is 5.32 Å². The van der Waals surface area contributed by atoms with E-state index in [0.717, 1.165) is 30.8 Å². The fraction of sp³-hybridized carbons (Fsp3) is 0.294. The van der Waals surface area contributed by atoms with E-state index in [-0.39, 0.29) is 0 Å². The summed E-state index contributed by atoms with van der Waals surface area (Å²) in [5, 5.41) is 14.0. The Morgan fingerprint density at radius 3 is 2.75 bits per heavy atom. The first kappa shape index (κ1) is 13.5. The molecule has 0 spiro atoms. The van der Waals surface area contributed by atoms with E-state index in [9.17, 15) is 5.11 Å². The molecule has 20 heavy (non-hydrogen) atoms. The van der Waals surface area contributed by atoms with Crippen LogP contribution in [0.25, 0.3) is 0 Å². The minimum absolute atomic E-state index is 0.363. The van der Waals surface area contributed by atoms with Gasteiger partial charge in [-0.1, -0.05) is 29.8 Å². The summed E-state index contributed by atoms with van der Waals surface area (Å²) < 4.78 is 0. The van der Waals surface area contributed by atoms with Crippen molar-refractivity contribution in [3.05, 3.63) is 64.2 Å². The summed E-state index contributed by atoms with van der Waals surface area (Å²) in [6.45, 7) is 0.835. The molecule has 2 aromatic carbocycles. The molecule has 0 aromatic heterocycles. The molecule has 2 aromatic rings. The number of aromatic hydroxyl groups is 1. The third kappa shape index (κ3) is 2.97. The lowest BCUT2D eigenvalue weighted by Gasteiger charge is -2.26. The highest BCUT2D eigenvalue weighted by Crippen LogP contribution is 2.32. The van der Waals surface area contributed by atoms with Gasteiger partial charge in [-0.25, -0.2) is 0 Å². The summed E-state index contributed by atoms with van der Waals surface area (Å²) in [4.78, 5) is 0. The van der Waals surface area contributed by atoms with Gasteiger partial charge in [0.1, 0.15) is 5.75 Å². The quantitative estimate of drug-likeness (QED) is 0.886. The van der Waals surface area contributed by atoms with E-state index < -0.39 is 0 Å². The van der Waals surface area contributed by atoms with E-state index in [1.54, 1.807) is 6.07 Å². The lowest BCUT2D eigenvalue weighted by Crippen LogP contribution is -2.24. The van der Waals surface area contributed by atoms with Crippen LogP contribution in [0.2, 0.25) is 5.02 Å². The second kappa shape index (κ2) is 5.86. The van der Waals surface area contributed by atoms with Gasteiger partial charge in [-0.3, -0.25) is 0 Å². The predicted octanol–water partition coefficient (Wildman–Crippen LogP) is 4.21. The van der Waals surface area contributed by atoms with Gasteiger partial charge < -0.3 is 10.4 Å². The summed E-state index contributed by atoms with van der Waals surface area (Å²) in [5.41, 5.74) is 3.83. The Kier molecular flexibility index (Phi) is 3.95. The fourth-order valence-electron chi connectivity index (χ4n) is 2.86. The Morgan fingerprint density at radius 1 is 1.15 bits per heavy atom. The molecule has 0 aliphatic heterocycles. The number of hydrogen-bond acceptors (Lipinski definition) is 2. The molecule has 2 N–H and O–H groups in total. The second-order valence-electron chi connectivity index (χ2n) is 5.34. The van der Waals surface area contributed by atoms with Crippen molar-refractivity contribution in [1.29, 1.82) is 0 Å². The lowest BCUT2D eigenvalue weighted by atomic mass is 9.87. The molecule has 1 aliphatic rings. The van der Waals surface area contributed by atoms with Crippen molar-refractivity contribution in [2.45, 2.75) is 31.8 Å². The first-order chi connectivity index (χ1) is 9.72. The Bertz CT molecular complexity index is 594. The third-order valence-corrected chi connectivity index (χ3v) is 4.16. The summed E-state index contributed by atoms with van der Waals surface area (Å²) in [5.74, 6) is 0.363. The van der Waals surface area contributed by atoms with Crippen LogP contribution in [0.1, 0.15) is 35.6 Å². The van der Waals surface area contributed by atoms with Crippen LogP contribution in [0.5, 0.6) is 5.75 Å². The van der Waals surface area contributed by atoms with Crippen LogP contribution in [0.15, 0.2) is 42.5 Å². The van der Waals surface area contributed by atoms with Crippen LogP contribution in [-0.4, -0.2) is 5.11 Å². The van der Waals surface area contributed by atoms with Crippen LogP contribution in [-0.2, 0) is 13.0 Å². The highest BCUT2D eigenvalue weighted by molar-refractivity contribution is 6.30. The Morgan fingerprint density at radius 2 is 1.95 bits per heavy atom.